The van der Waals surface area contributed by atoms with Crippen molar-refractivity contribution in [2.45, 2.75) is 6.10 Å². The predicted octanol–water partition coefficient (Wildman–Crippen LogP) is 4.25. The van der Waals surface area contributed by atoms with Crippen LogP contribution in [0.3, 0.4) is 0 Å². The molecule has 0 spiro atoms. The van der Waals surface area contributed by atoms with Crippen molar-refractivity contribution in [1.82, 2.24) is 0 Å². The van der Waals surface area contributed by atoms with E-state index in [2.05, 4.69) is 15.9 Å². The Morgan fingerprint density at radius 3 is 2.65 bits per heavy atom. The van der Waals surface area contributed by atoms with E-state index in [-0.39, 0.29) is 0 Å². The van der Waals surface area contributed by atoms with Gasteiger partial charge in [0.05, 0.1) is 15.9 Å². The molecule has 5 heteroatoms. The van der Waals surface area contributed by atoms with Gasteiger partial charge in [0.2, 0.25) is 0 Å². The second-order valence-electron chi connectivity index (χ2n) is 3.44. The van der Waals surface area contributed by atoms with Gasteiger partial charge in [0.1, 0.15) is 11.9 Å². The van der Waals surface area contributed by atoms with Crippen molar-refractivity contribution in [2.75, 3.05) is 7.11 Å². The van der Waals surface area contributed by atoms with Crippen molar-refractivity contribution >= 4 is 38.9 Å². The minimum absolute atomic E-state index is 0.500. The number of hydrogen-bond donors (Lipinski definition) is 1. The number of halogens is 2. The third-order valence-electron chi connectivity index (χ3n) is 2.36. The second-order valence-corrected chi connectivity index (χ2v) is 6.34. The lowest BCUT2D eigenvalue weighted by atomic mass is 10.1. The molecule has 0 aliphatic carbocycles. The van der Waals surface area contributed by atoms with Crippen LogP contribution in [0, 0.1) is 0 Å². The molecule has 1 N–H and O–H groups in total. The Morgan fingerprint density at radius 2 is 2.12 bits per heavy atom. The summed E-state index contributed by atoms with van der Waals surface area (Å²) in [5.41, 5.74) is 0.755. The highest BCUT2D eigenvalue weighted by Crippen LogP contribution is 2.34. The van der Waals surface area contributed by atoms with Crippen LogP contribution in [0.5, 0.6) is 5.75 Å². The van der Waals surface area contributed by atoms with Crippen molar-refractivity contribution < 1.29 is 9.84 Å². The average Bonchev–Trinajstić information content (AvgIpc) is 2.75. The molecule has 2 aromatic rings. The smallest absolute Gasteiger partial charge is 0.137 e. The van der Waals surface area contributed by atoms with E-state index in [1.165, 1.54) is 11.3 Å². The molecule has 2 nitrogen and oxygen atoms in total. The molecule has 17 heavy (non-hydrogen) atoms. The molecule has 0 fully saturated rings. The van der Waals surface area contributed by atoms with E-state index >= 15 is 0 Å². The lowest BCUT2D eigenvalue weighted by Gasteiger charge is -2.11. The molecule has 0 aliphatic heterocycles. The summed E-state index contributed by atoms with van der Waals surface area (Å²) in [5, 5.41) is 10.7. The van der Waals surface area contributed by atoms with Crippen molar-refractivity contribution in [3.05, 3.63) is 49.6 Å². The maximum atomic E-state index is 10.2. The van der Waals surface area contributed by atoms with Crippen molar-refractivity contribution in [1.29, 1.82) is 0 Å². The van der Waals surface area contributed by atoms with E-state index in [0.29, 0.717) is 10.8 Å². The summed E-state index contributed by atoms with van der Waals surface area (Å²) in [6.45, 7) is 0. The van der Waals surface area contributed by atoms with Gasteiger partial charge < -0.3 is 9.84 Å². The normalized spacial score (nSPS) is 12.5. The van der Waals surface area contributed by atoms with E-state index in [4.69, 9.17) is 16.3 Å². The largest absolute Gasteiger partial charge is 0.495 e. The van der Waals surface area contributed by atoms with Gasteiger partial charge in [-0.15, -0.1) is 11.3 Å². The van der Waals surface area contributed by atoms with Crippen LogP contribution in [-0.2, 0) is 0 Å². The zero-order valence-electron chi connectivity index (χ0n) is 8.98. The molecule has 0 aliphatic rings. The monoisotopic (exact) mass is 332 g/mol. The second kappa shape index (κ2) is 5.40. The lowest BCUT2D eigenvalue weighted by molar-refractivity contribution is 0.224. The Hall–Kier alpha value is -0.550. The standard InChI is InChI=1S/C12H10BrClO2S/c1-16-9-3-2-7(6-8(9)14)12(15)10-4-5-11(13)17-10/h2-6,12,15H,1H3. The van der Waals surface area contributed by atoms with Crippen molar-refractivity contribution in [2.24, 2.45) is 0 Å². The van der Waals surface area contributed by atoms with Crippen LogP contribution in [0.25, 0.3) is 0 Å². The quantitative estimate of drug-likeness (QED) is 0.909. The number of rotatable bonds is 3. The van der Waals surface area contributed by atoms with Gasteiger partial charge >= 0.3 is 0 Å². The molecule has 0 saturated heterocycles. The SMILES string of the molecule is COc1ccc(C(O)c2ccc(Br)s2)cc1Cl. The van der Waals surface area contributed by atoms with Gasteiger partial charge in [-0.1, -0.05) is 17.7 Å². The zero-order valence-corrected chi connectivity index (χ0v) is 12.1. The minimum atomic E-state index is -0.658. The first-order valence-electron chi connectivity index (χ1n) is 4.88. The molecule has 0 amide bonds. The molecule has 0 bridgehead atoms. The van der Waals surface area contributed by atoms with E-state index in [1.54, 1.807) is 19.2 Å². The molecular formula is C12H10BrClO2S. The molecule has 1 aromatic carbocycles. The van der Waals surface area contributed by atoms with Crippen molar-refractivity contribution in [3.63, 3.8) is 0 Å². The summed E-state index contributed by atoms with van der Waals surface area (Å²) < 4.78 is 6.06. The first kappa shape index (κ1) is 12.9. The van der Waals surface area contributed by atoms with Crippen LogP contribution in [0.15, 0.2) is 34.1 Å². The Morgan fingerprint density at radius 1 is 1.35 bits per heavy atom. The number of ether oxygens (including phenoxy) is 1. The van der Waals surface area contributed by atoms with Crippen LogP contribution in [0.4, 0.5) is 0 Å². The van der Waals surface area contributed by atoms with Gasteiger partial charge in [0.15, 0.2) is 0 Å². The Kier molecular flexibility index (Phi) is 4.09. The number of methoxy groups -OCH3 is 1. The molecular weight excluding hydrogens is 324 g/mol. The highest BCUT2D eigenvalue weighted by molar-refractivity contribution is 9.11. The fourth-order valence-corrected chi connectivity index (χ4v) is 3.20. The topological polar surface area (TPSA) is 29.5 Å². The van der Waals surface area contributed by atoms with Gasteiger partial charge in [0, 0.05) is 4.88 Å². The maximum absolute atomic E-state index is 10.2. The summed E-state index contributed by atoms with van der Waals surface area (Å²) in [6.07, 6.45) is -0.658. The van der Waals surface area contributed by atoms with Gasteiger partial charge in [-0.25, -0.2) is 0 Å². The number of aliphatic hydroxyl groups excluding tert-OH is 1. The maximum Gasteiger partial charge on any atom is 0.137 e. The number of benzene rings is 1. The predicted molar refractivity (Wildman–Crippen MR) is 74.1 cm³/mol. The van der Waals surface area contributed by atoms with E-state index < -0.39 is 6.10 Å². The summed E-state index contributed by atoms with van der Waals surface area (Å²) >= 11 is 10.9. The van der Waals surface area contributed by atoms with Crippen LogP contribution in [-0.4, -0.2) is 12.2 Å². The van der Waals surface area contributed by atoms with Gasteiger partial charge in [-0.3, -0.25) is 0 Å². The fourth-order valence-electron chi connectivity index (χ4n) is 1.49. The molecule has 1 aromatic heterocycles. The number of hydrogen-bond acceptors (Lipinski definition) is 3. The first-order valence-corrected chi connectivity index (χ1v) is 6.87. The molecule has 0 radical (unpaired) electrons. The van der Waals surface area contributed by atoms with Crippen LogP contribution >= 0.6 is 38.9 Å². The van der Waals surface area contributed by atoms with Gasteiger partial charge in [0.25, 0.3) is 0 Å². The molecule has 1 heterocycles. The molecule has 1 atom stereocenters. The fraction of sp³-hybridized carbons (Fsp3) is 0.167. The number of aliphatic hydroxyl groups is 1. The highest BCUT2D eigenvalue weighted by Gasteiger charge is 2.14. The average molecular weight is 334 g/mol. The molecule has 90 valence electrons. The lowest BCUT2D eigenvalue weighted by Crippen LogP contribution is -1.97. The molecule has 2 rings (SSSR count). The number of thiophene rings is 1. The van der Waals surface area contributed by atoms with Gasteiger partial charge in [-0.2, -0.15) is 0 Å². The molecule has 0 saturated carbocycles. The Labute approximate surface area is 117 Å². The third kappa shape index (κ3) is 2.83. The summed E-state index contributed by atoms with van der Waals surface area (Å²) in [4.78, 5) is 0.873. The Bertz CT molecular complexity index is 527. The van der Waals surface area contributed by atoms with Crippen LogP contribution in [0.2, 0.25) is 5.02 Å². The summed E-state index contributed by atoms with van der Waals surface area (Å²) in [5.74, 6) is 0.606. The highest BCUT2D eigenvalue weighted by atomic mass is 79.9. The third-order valence-corrected chi connectivity index (χ3v) is 4.33. The first-order chi connectivity index (χ1) is 8.11. The minimum Gasteiger partial charge on any atom is -0.495 e. The van der Waals surface area contributed by atoms with Crippen molar-refractivity contribution in [3.8, 4) is 5.75 Å². The van der Waals surface area contributed by atoms with E-state index in [1.807, 2.05) is 18.2 Å². The summed E-state index contributed by atoms with van der Waals surface area (Å²) in [7, 11) is 1.56. The zero-order chi connectivity index (χ0) is 12.4. The Balaban J connectivity index is 2.31. The summed E-state index contributed by atoms with van der Waals surface area (Å²) in [6, 6.07) is 9.08. The molecule has 1 unspecified atom stereocenters. The van der Waals surface area contributed by atoms with Crippen LogP contribution in [0.1, 0.15) is 16.5 Å². The van der Waals surface area contributed by atoms with E-state index in [9.17, 15) is 5.11 Å². The van der Waals surface area contributed by atoms with Crippen LogP contribution < -0.4 is 4.74 Å². The van der Waals surface area contributed by atoms with E-state index in [0.717, 1.165) is 14.2 Å². The van der Waals surface area contributed by atoms with Gasteiger partial charge in [-0.05, 0) is 45.8 Å².